The van der Waals surface area contributed by atoms with Gasteiger partial charge in [-0.15, -0.1) is 0 Å². The number of alkyl halides is 3. The minimum Gasteiger partial charge on any atom is -0.457 e. The molecule has 26 heavy (non-hydrogen) atoms. The second-order valence-electron chi connectivity index (χ2n) is 5.63. The van der Waals surface area contributed by atoms with E-state index < -0.39 is 54.9 Å². The van der Waals surface area contributed by atoms with E-state index in [0.29, 0.717) is 6.92 Å². The molecule has 4 nitrogen and oxygen atoms in total. The van der Waals surface area contributed by atoms with Gasteiger partial charge in [0.25, 0.3) is 6.43 Å². The Labute approximate surface area is 152 Å². The lowest BCUT2D eigenvalue weighted by Crippen LogP contribution is -2.30. The molecule has 3 rings (SSSR count). The van der Waals surface area contributed by atoms with E-state index in [-0.39, 0.29) is 10.8 Å². The second-order valence-corrected chi connectivity index (χ2v) is 8.28. The first-order valence-electron chi connectivity index (χ1n) is 7.56. The van der Waals surface area contributed by atoms with Crippen molar-refractivity contribution >= 4 is 21.4 Å². The summed E-state index contributed by atoms with van der Waals surface area (Å²) in [5.74, 6) is -1.80. The molecular formula is C16H11ClF4O4S. The fourth-order valence-electron chi connectivity index (χ4n) is 2.63. The van der Waals surface area contributed by atoms with Crippen LogP contribution in [0.25, 0.3) is 0 Å². The lowest BCUT2D eigenvalue weighted by atomic mass is 9.99. The van der Waals surface area contributed by atoms with E-state index in [1.165, 1.54) is 0 Å². The molecule has 2 unspecified atom stereocenters. The van der Waals surface area contributed by atoms with Gasteiger partial charge in [-0.3, -0.25) is 0 Å². The molecule has 0 aliphatic carbocycles. The highest BCUT2D eigenvalue weighted by Gasteiger charge is 2.57. The quantitative estimate of drug-likeness (QED) is 0.743. The van der Waals surface area contributed by atoms with Crippen LogP contribution in [-0.4, -0.2) is 18.5 Å². The van der Waals surface area contributed by atoms with E-state index in [1.807, 2.05) is 0 Å². The first-order chi connectivity index (χ1) is 12.3. The smallest absolute Gasteiger partial charge is 0.267 e. The molecule has 1 aliphatic rings. The van der Waals surface area contributed by atoms with Crippen LogP contribution in [0.4, 0.5) is 17.6 Å². The maximum atomic E-state index is 14.7. The number of hydrogen-bond donors (Lipinski definition) is 1. The van der Waals surface area contributed by atoms with Gasteiger partial charge >= 0.3 is 0 Å². The van der Waals surface area contributed by atoms with Gasteiger partial charge in [-0.1, -0.05) is 11.6 Å². The van der Waals surface area contributed by atoms with Crippen LogP contribution in [0.3, 0.4) is 0 Å². The number of hydrogen-bond acceptors (Lipinski definition) is 4. The zero-order valence-corrected chi connectivity index (χ0v) is 14.5. The fourth-order valence-corrected chi connectivity index (χ4v) is 4.33. The predicted molar refractivity (Wildman–Crippen MR) is 84.5 cm³/mol. The Morgan fingerprint density at radius 1 is 1.35 bits per heavy atom. The summed E-state index contributed by atoms with van der Waals surface area (Å²) < 4.78 is 92.9. The molecule has 2 aromatic carbocycles. The van der Waals surface area contributed by atoms with Crippen LogP contribution in [0.2, 0.25) is 5.02 Å². The van der Waals surface area contributed by atoms with Crippen molar-refractivity contribution in [2.75, 3.05) is 0 Å². The Morgan fingerprint density at radius 2 is 2.00 bits per heavy atom. The molecule has 2 aromatic rings. The highest BCUT2D eigenvalue weighted by molar-refractivity contribution is 7.93. The Balaban J connectivity index is 2.27. The topological polar surface area (TPSA) is 63.6 Å². The molecule has 2 atom stereocenters. The Kier molecular flexibility index (Phi) is 4.13. The molecular weight excluding hydrogens is 400 g/mol. The van der Waals surface area contributed by atoms with E-state index in [4.69, 9.17) is 17.7 Å². The van der Waals surface area contributed by atoms with E-state index in [2.05, 4.69) is 0 Å². The molecule has 0 aromatic heterocycles. The highest BCUT2D eigenvalue weighted by atomic mass is 35.5. The van der Waals surface area contributed by atoms with Gasteiger partial charge in [-0.25, -0.2) is 26.0 Å². The lowest BCUT2D eigenvalue weighted by molar-refractivity contribution is 0.0596. The van der Waals surface area contributed by atoms with Crippen molar-refractivity contribution in [1.82, 2.24) is 0 Å². The zero-order chi connectivity index (χ0) is 20.4. The highest BCUT2D eigenvalue weighted by Crippen LogP contribution is 2.53. The van der Waals surface area contributed by atoms with Crippen molar-refractivity contribution in [3.63, 3.8) is 0 Å². The van der Waals surface area contributed by atoms with Crippen molar-refractivity contribution < 1.29 is 37.2 Å². The van der Waals surface area contributed by atoms with Gasteiger partial charge in [0, 0.05) is 16.7 Å². The molecule has 0 radical (unpaired) electrons. The van der Waals surface area contributed by atoms with Gasteiger partial charge < -0.3 is 9.84 Å². The molecule has 0 spiro atoms. The molecule has 1 aliphatic heterocycles. The van der Waals surface area contributed by atoms with Crippen LogP contribution in [0, 0.1) is 5.82 Å². The van der Waals surface area contributed by atoms with Gasteiger partial charge in [0.15, 0.2) is 0 Å². The first-order valence-corrected chi connectivity index (χ1v) is 8.92. The third-order valence-corrected chi connectivity index (χ3v) is 6.24. The van der Waals surface area contributed by atoms with Crippen molar-refractivity contribution in [3.05, 3.63) is 52.3 Å². The number of rotatable bonds is 3. The number of halogens is 5. The number of aliphatic hydroxyl groups is 1. The Hall–Kier alpha value is -1.84. The van der Waals surface area contributed by atoms with Crippen LogP contribution in [0.5, 0.6) is 11.5 Å². The molecule has 0 amide bonds. The third kappa shape index (κ3) is 2.74. The van der Waals surface area contributed by atoms with Gasteiger partial charge in [0.05, 0.1) is 11.8 Å². The van der Waals surface area contributed by atoms with Crippen LogP contribution in [0.15, 0.2) is 35.2 Å². The van der Waals surface area contributed by atoms with E-state index >= 15 is 0 Å². The van der Waals surface area contributed by atoms with Crippen molar-refractivity contribution in [3.8, 4) is 11.5 Å². The Bertz CT molecular complexity index is 1020. The van der Waals surface area contributed by atoms with Crippen LogP contribution >= 0.6 is 11.6 Å². The monoisotopic (exact) mass is 411 g/mol. The molecule has 0 saturated carbocycles. The summed E-state index contributed by atoms with van der Waals surface area (Å²) in [5.41, 5.74) is -2.31. The first kappa shape index (κ1) is 17.6. The lowest BCUT2D eigenvalue weighted by Gasteiger charge is -2.19. The minimum atomic E-state index is -4.92. The second kappa shape index (κ2) is 6.11. The molecule has 1 heterocycles. The van der Waals surface area contributed by atoms with E-state index in [9.17, 15) is 31.1 Å². The summed E-state index contributed by atoms with van der Waals surface area (Å²) >= 11 is 5.67. The van der Waals surface area contributed by atoms with E-state index in [0.717, 1.165) is 30.3 Å². The van der Waals surface area contributed by atoms with Gasteiger partial charge in [0.1, 0.15) is 23.4 Å². The number of benzene rings is 2. The fraction of sp³-hybridized carbons (Fsp3) is 0.250. The normalized spacial score (nSPS) is 27.3. The van der Waals surface area contributed by atoms with E-state index in [1.54, 1.807) is 0 Å². The maximum absolute atomic E-state index is 14.7. The standard InChI is InChI=1S/C16H11ClF4O4S/c1-16(21)14(22)13-11(26(16,23)24)3-2-10(12(13)15(19)20)25-9-5-7(17)4-8(18)6-9/h2-6,14-15,22H,1H3/i14D. The van der Waals surface area contributed by atoms with Crippen LogP contribution in [0.1, 0.15) is 31.9 Å². The maximum Gasteiger partial charge on any atom is 0.267 e. The minimum absolute atomic E-state index is 0.0966. The largest absolute Gasteiger partial charge is 0.457 e. The molecule has 0 fully saturated rings. The third-order valence-electron chi connectivity index (χ3n) is 3.90. The summed E-state index contributed by atoms with van der Waals surface area (Å²) in [4.78, 5) is -0.940. The van der Waals surface area contributed by atoms with Crippen LogP contribution < -0.4 is 4.74 Å². The Morgan fingerprint density at radius 3 is 2.58 bits per heavy atom. The van der Waals surface area contributed by atoms with Crippen molar-refractivity contribution in [2.45, 2.75) is 29.3 Å². The summed E-state index contributed by atoms with van der Waals surface area (Å²) in [6.45, 7) is 0.414. The number of fused-ring (bicyclic) bond motifs is 1. The van der Waals surface area contributed by atoms with Crippen molar-refractivity contribution in [1.29, 1.82) is 0 Å². The molecule has 0 saturated heterocycles. The molecule has 1 N–H and O–H groups in total. The number of sulfone groups is 1. The van der Waals surface area contributed by atoms with Crippen LogP contribution in [-0.2, 0) is 9.84 Å². The average molecular weight is 412 g/mol. The van der Waals surface area contributed by atoms with Crippen molar-refractivity contribution in [2.24, 2.45) is 0 Å². The van der Waals surface area contributed by atoms with Gasteiger partial charge in [-0.2, -0.15) is 0 Å². The summed E-state index contributed by atoms with van der Waals surface area (Å²) in [6, 6.07) is 4.44. The average Bonchev–Trinajstić information content (AvgIpc) is 2.61. The van der Waals surface area contributed by atoms with Gasteiger partial charge in [-0.05, 0) is 31.2 Å². The molecule has 140 valence electrons. The summed E-state index contributed by atoms with van der Waals surface area (Å²) in [7, 11) is -4.92. The summed E-state index contributed by atoms with van der Waals surface area (Å²) in [6.07, 6.45) is -6.94. The SMILES string of the molecule is [2H]C1(O)c2c(ccc(Oc3cc(F)cc(Cl)c3)c2C(F)F)S(=O)(=O)C1(C)F. The summed E-state index contributed by atoms with van der Waals surface area (Å²) in [5, 5.41) is 6.50. The number of ether oxygens (including phenoxy) is 1. The molecule has 10 heteroatoms. The molecule has 0 bridgehead atoms. The zero-order valence-electron chi connectivity index (χ0n) is 13.9. The van der Waals surface area contributed by atoms with Gasteiger partial charge in [0.2, 0.25) is 14.8 Å². The predicted octanol–water partition coefficient (Wildman–Crippen LogP) is 4.72.